The molecule has 0 aliphatic rings. The van der Waals surface area contributed by atoms with E-state index in [1.165, 1.54) is 48.5 Å². The van der Waals surface area contributed by atoms with Gasteiger partial charge in [-0.2, -0.15) is 0 Å². The first-order chi connectivity index (χ1) is 9.49. The van der Waals surface area contributed by atoms with Gasteiger partial charge in [0.1, 0.15) is 0 Å². The minimum Gasteiger partial charge on any atom is -0.606 e. The van der Waals surface area contributed by atoms with E-state index in [-0.39, 0.29) is 30.6 Å². The van der Waals surface area contributed by atoms with Gasteiger partial charge in [0, 0.05) is 11.2 Å². The van der Waals surface area contributed by atoms with Crippen LogP contribution in [-0.2, 0) is 30.7 Å². The molecule has 0 radical (unpaired) electrons. The van der Waals surface area contributed by atoms with Gasteiger partial charge in [-0.05, 0) is 59.7 Å². The molecule has 0 aliphatic heterocycles. The molecule has 0 atom stereocenters. The summed E-state index contributed by atoms with van der Waals surface area (Å²) in [4.78, 5) is 22.0. The summed E-state index contributed by atoms with van der Waals surface area (Å²) in [6, 6.07) is 10.9. The van der Waals surface area contributed by atoms with Crippen LogP contribution >= 0.6 is 0 Å². The van der Waals surface area contributed by atoms with Gasteiger partial charge in [-0.25, -0.2) is 0 Å². The second kappa shape index (κ2) is 7.36. The number of carboxylic acid groups (broad SMARTS) is 2. The van der Waals surface area contributed by atoms with Gasteiger partial charge in [-0.3, -0.25) is 0 Å². The van der Waals surface area contributed by atoms with Gasteiger partial charge in [0.25, 0.3) is 0 Å². The zero-order chi connectivity index (χ0) is 14.7. The summed E-state index contributed by atoms with van der Waals surface area (Å²) in [7, 11) is 0. The first-order valence-electron chi connectivity index (χ1n) is 5.53. The van der Waals surface area contributed by atoms with E-state index in [1.807, 2.05) is 0 Å². The Kier molecular flexibility index (Phi) is 6.08. The van der Waals surface area contributed by atoms with E-state index >= 15 is 0 Å². The Morgan fingerprint density at radius 2 is 1.00 bits per heavy atom. The zero-order valence-electron chi connectivity index (χ0n) is 10.8. The SMILES string of the molecule is O=C([O-])c1ccc([S+]([O-])c2ccc(C(=O)[O-])cc2)cc1.[Zn+2]. The van der Waals surface area contributed by atoms with Crippen LogP contribution in [0, 0.1) is 0 Å². The molecule has 2 aromatic rings. The number of hydrogen-bond acceptors (Lipinski definition) is 5. The third-order valence-corrected chi connectivity index (χ3v) is 4.01. The maximum atomic E-state index is 12.2. The Morgan fingerprint density at radius 3 is 1.24 bits per heavy atom. The van der Waals surface area contributed by atoms with E-state index in [2.05, 4.69) is 0 Å². The fraction of sp³-hybridized carbons (Fsp3) is 0. The summed E-state index contributed by atoms with van der Waals surface area (Å²) in [5, 5.41) is 21.2. The van der Waals surface area contributed by atoms with E-state index in [9.17, 15) is 24.4 Å². The fourth-order valence-corrected chi connectivity index (χ4v) is 2.60. The first kappa shape index (κ1) is 17.4. The zero-order valence-corrected chi connectivity index (χ0v) is 14.6. The predicted octanol–water partition coefficient (Wildman–Crippen LogP) is -0.422. The topological polar surface area (TPSA) is 103 Å². The molecule has 0 amide bonds. The molecule has 0 unspecified atom stereocenters. The molecule has 0 heterocycles. The summed E-state index contributed by atoms with van der Waals surface area (Å²) < 4.78 is 12.2. The molecule has 5 nitrogen and oxygen atoms in total. The summed E-state index contributed by atoms with van der Waals surface area (Å²) in [5.74, 6) is -2.61. The van der Waals surface area contributed by atoms with Gasteiger partial charge in [0.2, 0.25) is 0 Å². The average Bonchev–Trinajstić information content (AvgIpc) is 2.46. The first-order valence-corrected chi connectivity index (χ1v) is 6.68. The Bertz CT molecular complexity index is 582. The van der Waals surface area contributed by atoms with Crippen molar-refractivity contribution in [2.75, 3.05) is 0 Å². The molecule has 0 aliphatic carbocycles. The van der Waals surface area contributed by atoms with E-state index < -0.39 is 23.1 Å². The van der Waals surface area contributed by atoms with Gasteiger partial charge >= 0.3 is 19.5 Å². The molecule has 21 heavy (non-hydrogen) atoms. The summed E-state index contributed by atoms with van der Waals surface area (Å²) in [6.45, 7) is 0. The van der Waals surface area contributed by atoms with Gasteiger partial charge in [0.15, 0.2) is 9.79 Å². The Morgan fingerprint density at radius 1 is 0.714 bits per heavy atom. The van der Waals surface area contributed by atoms with Crippen LogP contribution in [0.2, 0.25) is 0 Å². The van der Waals surface area contributed by atoms with Crippen LogP contribution in [0.15, 0.2) is 58.3 Å². The van der Waals surface area contributed by atoms with Crippen LogP contribution in [-0.4, -0.2) is 16.5 Å². The molecule has 0 saturated carbocycles. The fourth-order valence-electron chi connectivity index (χ4n) is 1.57. The number of rotatable bonds is 4. The normalized spacial score (nSPS) is 10.0. The number of aromatic carboxylic acids is 2. The van der Waals surface area contributed by atoms with Crippen molar-refractivity contribution in [2.24, 2.45) is 0 Å². The van der Waals surface area contributed by atoms with Gasteiger partial charge in [0.05, 0.1) is 11.9 Å². The number of carboxylic acids is 2. The van der Waals surface area contributed by atoms with Crippen molar-refractivity contribution in [3.63, 3.8) is 0 Å². The van der Waals surface area contributed by atoms with Crippen LogP contribution in [0.4, 0.5) is 0 Å². The summed E-state index contributed by atoms with van der Waals surface area (Å²) in [5.41, 5.74) is -0.00361. The van der Waals surface area contributed by atoms with Crippen LogP contribution in [0.25, 0.3) is 0 Å². The van der Waals surface area contributed by atoms with Crippen molar-refractivity contribution >= 4 is 23.1 Å². The van der Waals surface area contributed by atoms with Crippen molar-refractivity contribution in [3.05, 3.63) is 59.7 Å². The molecule has 0 N–H and O–H groups in total. The third-order valence-electron chi connectivity index (χ3n) is 2.61. The molecule has 2 rings (SSSR count). The molecule has 0 saturated heterocycles. The molecule has 0 spiro atoms. The van der Waals surface area contributed by atoms with Gasteiger partial charge < -0.3 is 24.4 Å². The summed E-state index contributed by atoms with van der Waals surface area (Å²) in [6.07, 6.45) is 0. The third kappa shape index (κ3) is 4.14. The average molecular weight is 354 g/mol. The molecule has 7 heteroatoms. The number of hydrogen-bond donors (Lipinski definition) is 0. The maximum Gasteiger partial charge on any atom is 2.00 e. The van der Waals surface area contributed by atoms with E-state index in [4.69, 9.17) is 0 Å². The van der Waals surface area contributed by atoms with Crippen LogP contribution in [0.1, 0.15) is 20.7 Å². The Hall–Kier alpha value is -1.69. The summed E-state index contributed by atoms with van der Waals surface area (Å²) >= 11 is -1.52. The Labute approximate surface area is 136 Å². The van der Waals surface area contributed by atoms with E-state index in [0.717, 1.165) is 0 Å². The number of carbonyl (C=O) groups excluding carboxylic acids is 2. The van der Waals surface area contributed by atoms with Crippen molar-refractivity contribution in [1.82, 2.24) is 0 Å². The molecule has 0 aromatic heterocycles. The second-order valence-corrected chi connectivity index (χ2v) is 5.37. The maximum absolute atomic E-state index is 12.2. The van der Waals surface area contributed by atoms with Crippen LogP contribution in [0.5, 0.6) is 0 Å². The van der Waals surface area contributed by atoms with Crippen molar-refractivity contribution in [1.29, 1.82) is 0 Å². The van der Waals surface area contributed by atoms with Crippen molar-refractivity contribution < 1.29 is 43.8 Å². The van der Waals surface area contributed by atoms with Crippen molar-refractivity contribution in [2.45, 2.75) is 9.79 Å². The number of benzene rings is 2. The molecule has 2 aromatic carbocycles. The van der Waals surface area contributed by atoms with Crippen LogP contribution in [0.3, 0.4) is 0 Å². The smallest absolute Gasteiger partial charge is 0.606 e. The molecular formula is C14H8O5SZn. The quantitative estimate of drug-likeness (QED) is 0.548. The molecule has 102 valence electrons. The number of carbonyl (C=O) groups is 2. The second-order valence-electron chi connectivity index (χ2n) is 3.89. The monoisotopic (exact) mass is 352 g/mol. The molecule has 0 bridgehead atoms. The Balaban J connectivity index is 0.00000220. The predicted molar refractivity (Wildman–Crippen MR) is 66.2 cm³/mol. The van der Waals surface area contributed by atoms with Gasteiger partial charge in [-0.15, -0.1) is 0 Å². The van der Waals surface area contributed by atoms with Crippen LogP contribution < -0.4 is 10.2 Å². The minimum absolute atomic E-state index is 0. The van der Waals surface area contributed by atoms with Crippen molar-refractivity contribution in [3.8, 4) is 0 Å². The van der Waals surface area contributed by atoms with E-state index in [0.29, 0.717) is 9.79 Å². The minimum atomic E-state index is -1.52. The van der Waals surface area contributed by atoms with Gasteiger partial charge in [-0.1, -0.05) is 0 Å². The standard InChI is InChI=1S/C14H10O5S.Zn/c15-13(16)9-1-5-11(6-2-9)20(19)12-7-3-10(4-8-12)14(17)18;/h1-8H,(H,15,16)(H,17,18);/q;+2/p-2. The van der Waals surface area contributed by atoms with E-state index in [1.54, 1.807) is 0 Å². The molecule has 0 fully saturated rings. The largest absolute Gasteiger partial charge is 2.00 e. The molecular weight excluding hydrogens is 346 g/mol.